The molecule has 0 radical (unpaired) electrons. The number of ether oxygens (including phenoxy) is 1. The van der Waals surface area contributed by atoms with Gasteiger partial charge in [0.15, 0.2) is 0 Å². The maximum absolute atomic E-state index is 5.06. The number of para-hydroxylation sites is 1. The first-order valence-electron chi connectivity index (χ1n) is 8.71. The van der Waals surface area contributed by atoms with Gasteiger partial charge in [-0.05, 0) is 25.0 Å². The second-order valence-electron chi connectivity index (χ2n) is 5.82. The fraction of sp³-hybridized carbons (Fsp3) is 0.684. The maximum atomic E-state index is 5.06. The van der Waals surface area contributed by atoms with Crippen molar-refractivity contribution < 1.29 is 4.74 Å². The van der Waals surface area contributed by atoms with Crippen molar-refractivity contribution in [2.45, 2.75) is 64.2 Å². The van der Waals surface area contributed by atoms with Gasteiger partial charge in [0.2, 0.25) is 0 Å². The van der Waals surface area contributed by atoms with Crippen molar-refractivity contribution in [2.24, 2.45) is 0 Å². The molecule has 2 nitrogen and oxygen atoms in total. The highest BCUT2D eigenvalue weighted by atomic mass is 16.5. The molecule has 0 amide bonds. The zero-order chi connectivity index (χ0) is 15.0. The van der Waals surface area contributed by atoms with Crippen molar-refractivity contribution in [3.05, 3.63) is 30.3 Å². The van der Waals surface area contributed by atoms with E-state index in [4.69, 9.17) is 4.74 Å². The molecule has 1 aromatic rings. The van der Waals surface area contributed by atoms with E-state index < -0.39 is 0 Å². The Morgan fingerprint density at radius 3 is 1.81 bits per heavy atom. The second-order valence-corrected chi connectivity index (χ2v) is 5.82. The van der Waals surface area contributed by atoms with E-state index in [1.165, 1.54) is 69.9 Å². The van der Waals surface area contributed by atoms with E-state index in [-0.39, 0.29) is 0 Å². The van der Waals surface area contributed by atoms with Crippen LogP contribution in [0.3, 0.4) is 0 Å². The van der Waals surface area contributed by atoms with E-state index in [0.29, 0.717) is 0 Å². The van der Waals surface area contributed by atoms with Crippen molar-refractivity contribution in [3.8, 4) is 0 Å². The monoisotopic (exact) mass is 291 g/mol. The van der Waals surface area contributed by atoms with Gasteiger partial charge in [-0.1, -0.05) is 69.6 Å². The lowest BCUT2D eigenvalue weighted by Crippen LogP contribution is -2.00. The van der Waals surface area contributed by atoms with Crippen molar-refractivity contribution in [3.63, 3.8) is 0 Å². The molecule has 0 saturated carbocycles. The summed E-state index contributed by atoms with van der Waals surface area (Å²) in [6.07, 6.45) is 13.6. The number of hydrogen-bond donors (Lipinski definition) is 1. The van der Waals surface area contributed by atoms with Gasteiger partial charge in [-0.25, -0.2) is 0 Å². The summed E-state index contributed by atoms with van der Waals surface area (Å²) in [6.45, 7) is 2.03. The van der Waals surface area contributed by atoms with E-state index >= 15 is 0 Å². The highest BCUT2D eigenvalue weighted by Gasteiger charge is 1.94. The molecule has 0 aliphatic carbocycles. The Morgan fingerprint density at radius 2 is 1.24 bits per heavy atom. The Hall–Kier alpha value is -1.02. The summed E-state index contributed by atoms with van der Waals surface area (Å²) in [5, 5.41) is 3.47. The highest BCUT2D eigenvalue weighted by molar-refractivity contribution is 5.42. The Morgan fingerprint density at radius 1 is 0.714 bits per heavy atom. The average Bonchev–Trinajstić information content (AvgIpc) is 2.53. The molecule has 1 N–H and O–H groups in total. The van der Waals surface area contributed by atoms with Gasteiger partial charge in [0.25, 0.3) is 0 Å². The molecule has 1 aromatic carbocycles. The number of methoxy groups -OCH3 is 1. The largest absolute Gasteiger partial charge is 0.385 e. The molecule has 1 rings (SSSR count). The van der Waals surface area contributed by atoms with E-state index in [0.717, 1.165) is 13.2 Å². The van der Waals surface area contributed by atoms with Crippen LogP contribution in [0.25, 0.3) is 0 Å². The summed E-state index contributed by atoms with van der Waals surface area (Å²) in [5.74, 6) is 0. The molecule has 0 aliphatic rings. The molecule has 0 saturated heterocycles. The third-order valence-electron chi connectivity index (χ3n) is 3.88. The second kappa shape index (κ2) is 13.9. The van der Waals surface area contributed by atoms with E-state index in [1.807, 2.05) is 0 Å². The van der Waals surface area contributed by atoms with Gasteiger partial charge in [0.1, 0.15) is 0 Å². The van der Waals surface area contributed by atoms with Crippen molar-refractivity contribution in [1.82, 2.24) is 0 Å². The van der Waals surface area contributed by atoms with Crippen LogP contribution in [-0.4, -0.2) is 20.3 Å². The van der Waals surface area contributed by atoms with Crippen molar-refractivity contribution in [1.29, 1.82) is 0 Å². The molecule has 0 heterocycles. The Balaban J connectivity index is 1.75. The zero-order valence-electron chi connectivity index (χ0n) is 13.8. The molecule has 0 fully saturated rings. The van der Waals surface area contributed by atoms with Gasteiger partial charge in [-0.3, -0.25) is 0 Å². The van der Waals surface area contributed by atoms with Crippen LogP contribution in [0.15, 0.2) is 30.3 Å². The van der Waals surface area contributed by atoms with E-state index in [9.17, 15) is 0 Å². The smallest absolute Gasteiger partial charge is 0.0462 e. The molecule has 0 bridgehead atoms. The van der Waals surface area contributed by atoms with Gasteiger partial charge in [-0.2, -0.15) is 0 Å². The van der Waals surface area contributed by atoms with Gasteiger partial charge in [0, 0.05) is 25.9 Å². The number of nitrogens with one attached hydrogen (secondary N) is 1. The molecule has 0 aromatic heterocycles. The molecule has 0 unspecified atom stereocenters. The van der Waals surface area contributed by atoms with Crippen LogP contribution < -0.4 is 5.32 Å². The van der Waals surface area contributed by atoms with E-state index in [2.05, 4.69) is 35.6 Å². The molecule has 21 heavy (non-hydrogen) atoms. The molecule has 0 spiro atoms. The number of hydrogen-bond acceptors (Lipinski definition) is 2. The summed E-state index contributed by atoms with van der Waals surface area (Å²) < 4.78 is 5.06. The fourth-order valence-corrected chi connectivity index (χ4v) is 2.57. The minimum Gasteiger partial charge on any atom is -0.385 e. The minimum absolute atomic E-state index is 0.928. The lowest BCUT2D eigenvalue weighted by atomic mass is 10.1. The van der Waals surface area contributed by atoms with Crippen LogP contribution in [0.1, 0.15) is 64.2 Å². The summed E-state index contributed by atoms with van der Waals surface area (Å²) in [5.41, 5.74) is 1.24. The summed E-state index contributed by atoms with van der Waals surface area (Å²) in [6, 6.07) is 10.5. The Bertz CT molecular complexity index is 313. The van der Waals surface area contributed by atoms with Crippen molar-refractivity contribution in [2.75, 3.05) is 25.6 Å². The minimum atomic E-state index is 0.928. The number of benzene rings is 1. The SMILES string of the molecule is COCCCCCCCCCCCCNc1ccccc1. The first kappa shape index (κ1) is 18.0. The number of rotatable bonds is 14. The standard InChI is InChI=1S/C19H33NO/c1-21-18-14-9-7-5-3-2-4-6-8-13-17-20-19-15-11-10-12-16-19/h10-12,15-16,20H,2-9,13-14,17-18H2,1H3. The predicted octanol–water partition coefficient (Wildman–Crippen LogP) is 5.65. The third kappa shape index (κ3) is 11.3. The quantitative estimate of drug-likeness (QED) is 0.447. The topological polar surface area (TPSA) is 21.3 Å². The Kier molecular flexibility index (Phi) is 12.0. The molecule has 0 aliphatic heterocycles. The molecule has 120 valence electrons. The molecule has 0 atom stereocenters. The van der Waals surface area contributed by atoms with Crippen LogP contribution in [-0.2, 0) is 4.74 Å². The Labute approximate surface area is 131 Å². The summed E-state index contributed by atoms with van der Waals surface area (Å²) in [4.78, 5) is 0. The summed E-state index contributed by atoms with van der Waals surface area (Å²) in [7, 11) is 1.79. The van der Waals surface area contributed by atoms with Crippen LogP contribution in [0, 0.1) is 0 Å². The molecular formula is C19H33NO. The van der Waals surface area contributed by atoms with Crippen molar-refractivity contribution >= 4 is 5.69 Å². The highest BCUT2D eigenvalue weighted by Crippen LogP contribution is 2.11. The zero-order valence-corrected chi connectivity index (χ0v) is 13.8. The van der Waals surface area contributed by atoms with Gasteiger partial charge >= 0.3 is 0 Å². The lowest BCUT2D eigenvalue weighted by Gasteiger charge is -2.06. The third-order valence-corrected chi connectivity index (χ3v) is 3.88. The number of unbranched alkanes of at least 4 members (excludes halogenated alkanes) is 9. The van der Waals surface area contributed by atoms with Crippen LogP contribution in [0.5, 0.6) is 0 Å². The van der Waals surface area contributed by atoms with Crippen LogP contribution >= 0.6 is 0 Å². The van der Waals surface area contributed by atoms with Gasteiger partial charge in [0.05, 0.1) is 0 Å². The van der Waals surface area contributed by atoms with Crippen LogP contribution in [0.4, 0.5) is 5.69 Å². The maximum Gasteiger partial charge on any atom is 0.0462 e. The fourth-order valence-electron chi connectivity index (χ4n) is 2.57. The molecular weight excluding hydrogens is 258 g/mol. The van der Waals surface area contributed by atoms with E-state index in [1.54, 1.807) is 7.11 Å². The number of anilines is 1. The lowest BCUT2D eigenvalue weighted by molar-refractivity contribution is 0.192. The average molecular weight is 291 g/mol. The first-order valence-corrected chi connectivity index (χ1v) is 8.71. The summed E-state index contributed by atoms with van der Waals surface area (Å²) >= 11 is 0. The predicted molar refractivity (Wildman–Crippen MR) is 93.0 cm³/mol. The first-order chi connectivity index (χ1) is 10.4. The normalized spacial score (nSPS) is 10.7. The molecule has 2 heteroatoms. The van der Waals surface area contributed by atoms with Crippen LogP contribution in [0.2, 0.25) is 0 Å². The van der Waals surface area contributed by atoms with Gasteiger partial charge < -0.3 is 10.1 Å². The van der Waals surface area contributed by atoms with Gasteiger partial charge in [-0.15, -0.1) is 0 Å².